The number of nitrogens with zero attached hydrogens (tertiary/aromatic N) is 4. The van der Waals surface area contributed by atoms with Gasteiger partial charge in [-0.1, -0.05) is 25.1 Å². The van der Waals surface area contributed by atoms with Gasteiger partial charge in [-0.3, -0.25) is 9.48 Å². The number of hydrogen-bond acceptors (Lipinski definition) is 3. The van der Waals surface area contributed by atoms with Crippen molar-refractivity contribution in [3.63, 3.8) is 0 Å². The lowest BCUT2D eigenvalue weighted by molar-refractivity contribution is -0.135. The quantitative estimate of drug-likeness (QED) is 0.710. The molecule has 0 bridgehead atoms. The van der Waals surface area contributed by atoms with Crippen LogP contribution in [0.2, 0.25) is 0 Å². The van der Waals surface area contributed by atoms with Gasteiger partial charge in [0.25, 0.3) is 0 Å². The molecular formula is C21H23FN4O. The maximum absolute atomic E-state index is 13.2. The number of amides is 1. The predicted octanol–water partition coefficient (Wildman–Crippen LogP) is 3.48. The van der Waals surface area contributed by atoms with Crippen LogP contribution in [-0.4, -0.2) is 46.8 Å². The zero-order chi connectivity index (χ0) is 18.8. The minimum absolute atomic E-state index is 0.116. The zero-order valence-corrected chi connectivity index (χ0v) is 15.4. The first kappa shape index (κ1) is 17.5. The SMILES string of the molecule is CCC(C(=O)N1CCN(c2ccc(F)cc2)CC1)n1ncc2ccccc21. The van der Waals surface area contributed by atoms with Crippen LogP contribution < -0.4 is 4.90 Å². The average Bonchev–Trinajstić information content (AvgIpc) is 3.13. The minimum Gasteiger partial charge on any atom is -0.368 e. The molecule has 2 heterocycles. The Morgan fingerprint density at radius 1 is 1.07 bits per heavy atom. The number of rotatable bonds is 4. The van der Waals surface area contributed by atoms with Crippen molar-refractivity contribution in [3.05, 3.63) is 60.5 Å². The number of carbonyl (C=O) groups is 1. The molecule has 0 aliphatic carbocycles. The highest BCUT2D eigenvalue weighted by Gasteiger charge is 2.29. The summed E-state index contributed by atoms with van der Waals surface area (Å²) in [6, 6.07) is 14.2. The van der Waals surface area contributed by atoms with Crippen molar-refractivity contribution in [2.45, 2.75) is 19.4 Å². The molecule has 2 aromatic carbocycles. The molecule has 1 atom stereocenters. The third-order valence-corrected chi connectivity index (χ3v) is 5.25. The van der Waals surface area contributed by atoms with E-state index in [1.54, 1.807) is 12.1 Å². The monoisotopic (exact) mass is 366 g/mol. The summed E-state index contributed by atoms with van der Waals surface area (Å²) < 4.78 is 15.0. The summed E-state index contributed by atoms with van der Waals surface area (Å²) in [5, 5.41) is 5.52. The Bertz CT molecular complexity index is 929. The molecule has 5 nitrogen and oxygen atoms in total. The number of piperazine rings is 1. The van der Waals surface area contributed by atoms with Crippen LogP contribution in [0.5, 0.6) is 0 Å². The normalized spacial score (nSPS) is 15.9. The van der Waals surface area contributed by atoms with Crippen LogP contribution in [0.4, 0.5) is 10.1 Å². The van der Waals surface area contributed by atoms with Crippen LogP contribution in [0, 0.1) is 5.82 Å². The van der Waals surface area contributed by atoms with E-state index in [1.165, 1.54) is 12.1 Å². The number of hydrogen-bond donors (Lipinski definition) is 0. The van der Waals surface area contributed by atoms with Crippen LogP contribution in [0.25, 0.3) is 10.9 Å². The van der Waals surface area contributed by atoms with Gasteiger partial charge >= 0.3 is 0 Å². The summed E-state index contributed by atoms with van der Waals surface area (Å²) in [7, 11) is 0. The highest BCUT2D eigenvalue weighted by Crippen LogP contribution is 2.23. The summed E-state index contributed by atoms with van der Waals surface area (Å²) >= 11 is 0. The first-order valence-electron chi connectivity index (χ1n) is 9.39. The van der Waals surface area contributed by atoms with Gasteiger partial charge in [0.05, 0.1) is 11.7 Å². The van der Waals surface area contributed by atoms with Crippen molar-refractivity contribution in [1.29, 1.82) is 0 Å². The fraction of sp³-hybridized carbons (Fsp3) is 0.333. The van der Waals surface area contributed by atoms with Gasteiger partial charge < -0.3 is 9.80 Å². The fourth-order valence-electron chi connectivity index (χ4n) is 3.74. The van der Waals surface area contributed by atoms with Gasteiger partial charge in [-0.15, -0.1) is 0 Å². The summed E-state index contributed by atoms with van der Waals surface area (Å²) in [5.74, 6) is -0.116. The third kappa shape index (κ3) is 3.39. The molecule has 0 spiro atoms. The molecule has 4 rings (SSSR count). The summed E-state index contributed by atoms with van der Waals surface area (Å²) in [6.07, 6.45) is 2.51. The maximum atomic E-state index is 13.2. The van der Waals surface area contributed by atoms with Crippen LogP contribution >= 0.6 is 0 Å². The lowest BCUT2D eigenvalue weighted by Gasteiger charge is -2.37. The molecule has 1 unspecified atom stereocenters. The number of para-hydroxylation sites is 1. The van der Waals surface area contributed by atoms with E-state index < -0.39 is 0 Å². The second kappa shape index (κ2) is 7.39. The van der Waals surface area contributed by atoms with Crippen molar-refractivity contribution < 1.29 is 9.18 Å². The molecule has 1 amide bonds. The minimum atomic E-state index is -0.290. The van der Waals surface area contributed by atoms with Crippen molar-refractivity contribution in [3.8, 4) is 0 Å². The average molecular weight is 366 g/mol. The molecule has 3 aromatic rings. The standard InChI is InChI=1S/C21H23FN4O/c1-2-19(26-20-6-4-3-5-16(20)15-23-26)21(27)25-13-11-24(12-14-25)18-9-7-17(22)8-10-18/h3-10,15,19H,2,11-14H2,1H3. The van der Waals surface area contributed by atoms with Gasteiger partial charge in [0, 0.05) is 37.3 Å². The highest BCUT2D eigenvalue weighted by molar-refractivity contribution is 5.85. The number of benzene rings is 2. The number of aromatic nitrogens is 2. The number of halogens is 1. The van der Waals surface area contributed by atoms with Crippen LogP contribution in [0.15, 0.2) is 54.7 Å². The molecule has 27 heavy (non-hydrogen) atoms. The Morgan fingerprint density at radius 2 is 1.78 bits per heavy atom. The molecular weight excluding hydrogens is 343 g/mol. The topological polar surface area (TPSA) is 41.4 Å². The summed E-state index contributed by atoms with van der Waals surface area (Å²) in [4.78, 5) is 17.3. The van der Waals surface area contributed by atoms with E-state index >= 15 is 0 Å². The Morgan fingerprint density at radius 3 is 2.48 bits per heavy atom. The van der Waals surface area contributed by atoms with E-state index in [1.807, 2.05) is 47.0 Å². The van der Waals surface area contributed by atoms with Gasteiger partial charge in [0.15, 0.2) is 0 Å². The van der Waals surface area contributed by atoms with Crippen LogP contribution in [0.1, 0.15) is 19.4 Å². The van der Waals surface area contributed by atoms with Gasteiger partial charge in [0.2, 0.25) is 5.91 Å². The fourth-order valence-corrected chi connectivity index (χ4v) is 3.74. The third-order valence-electron chi connectivity index (χ3n) is 5.25. The number of anilines is 1. The Labute approximate surface area is 158 Å². The summed E-state index contributed by atoms with van der Waals surface area (Å²) in [5.41, 5.74) is 1.98. The van der Waals surface area contributed by atoms with E-state index in [2.05, 4.69) is 10.00 Å². The predicted molar refractivity (Wildman–Crippen MR) is 104 cm³/mol. The number of fused-ring (bicyclic) bond motifs is 1. The van der Waals surface area contributed by atoms with Gasteiger partial charge in [0.1, 0.15) is 11.9 Å². The molecule has 0 saturated carbocycles. The second-order valence-corrected chi connectivity index (χ2v) is 6.86. The molecule has 6 heteroatoms. The van der Waals surface area contributed by atoms with E-state index in [4.69, 9.17) is 0 Å². The van der Waals surface area contributed by atoms with Gasteiger partial charge in [-0.25, -0.2) is 4.39 Å². The van der Waals surface area contributed by atoms with E-state index in [-0.39, 0.29) is 17.8 Å². The molecule has 0 N–H and O–H groups in total. The molecule has 1 aliphatic heterocycles. The van der Waals surface area contributed by atoms with E-state index in [9.17, 15) is 9.18 Å². The Kier molecular flexibility index (Phi) is 4.79. The Balaban J connectivity index is 1.47. The van der Waals surface area contributed by atoms with Crippen molar-refractivity contribution in [1.82, 2.24) is 14.7 Å². The lowest BCUT2D eigenvalue weighted by Crippen LogP contribution is -2.50. The van der Waals surface area contributed by atoms with Crippen molar-refractivity contribution in [2.24, 2.45) is 0 Å². The van der Waals surface area contributed by atoms with E-state index in [0.717, 1.165) is 29.7 Å². The van der Waals surface area contributed by atoms with Gasteiger partial charge in [-0.05, 0) is 36.8 Å². The smallest absolute Gasteiger partial charge is 0.247 e. The second-order valence-electron chi connectivity index (χ2n) is 6.86. The zero-order valence-electron chi connectivity index (χ0n) is 15.4. The first-order valence-corrected chi connectivity index (χ1v) is 9.39. The maximum Gasteiger partial charge on any atom is 0.247 e. The lowest BCUT2D eigenvalue weighted by atomic mass is 10.1. The molecule has 140 valence electrons. The highest BCUT2D eigenvalue weighted by atomic mass is 19.1. The first-order chi connectivity index (χ1) is 13.2. The van der Waals surface area contributed by atoms with Crippen LogP contribution in [0.3, 0.4) is 0 Å². The van der Waals surface area contributed by atoms with Gasteiger partial charge in [-0.2, -0.15) is 5.10 Å². The Hall–Kier alpha value is -2.89. The van der Waals surface area contributed by atoms with Crippen molar-refractivity contribution in [2.75, 3.05) is 31.1 Å². The summed E-state index contributed by atoms with van der Waals surface area (Å²) in [6.45, 7) is 4.83. The molecule has 1 aromatic heterocycles. The van der Waals surface area contributed by atoms with Crippen molar-refractivity contribution >= 4 is 22.5 Å². The number of carbonyl (C=O) groups excluding carboxylic acids is 1. The molecule has 1 fully saturated rings. The molecule has 1 saturated heterocycles. The molecule has 1 aliphatic rings. The molecule has 0 radical (unpaired) electrons. The van der Waals surface area contributed by atoms with Crippen LogP contribution in [-0.2, 0) is 4.79 Å². The largest absolute Gasteiger partial charge is 0.368 e. The van der Waals surface area contributed by atoms with E-state index in [0.29, 0.717) is 19.5 Å².